The van der Waals surface area contributed by atoms with Crippen molar-refractivity contribution in [2.45, 2.75) is 39.8 Å². The third-order valence-corrected chi connectivity index (χ3v) is 3.39. The van der Waals surface area contributed by atoms with E-state index in [0.717, 1.165) is 13.1 Å². The molecule has 92 valence electrons. The van der Waals surface area contributed by atoms with Crippen molar-refractivity contribution < 1.29 is 4.79 Å². The van der Waals surface area contributed by atoms with Crippen LogP contribution in [0, 0.1) is 20.8 Å². The highest BCUT2D eigenvalue weighted by molar-refractivity contribution is 5.78. The molecule has 1 aromatic carbocycles. The van der Waals surface area contributed by atoms with E-state index in [0.29, 0.717) is 6.42 Å². The lowest BCUT2D eigenvalue weighted by molar-refractivity contribution is -0.119. The molecule has 1 fully saturated rings. The molecule has 17 heavy (non-hydrogen) atoms. The minimum atomic E-state index is 0.153. The molecule has 1 aliphatic rings. The van der Waals surface area contributed by atoms with Gasteiger partial charge < -0.3 is 10.6 Å². The summed E-state index contributed by atoms with van der Waals surface area (Å²) in [5.74, 6) is 0.153. The predicted octanol–water partition coefficient (Wildman–Crippen LogP) is 1.59. The second kappa shape index (κ2) is 4.88. The minimum Gasteiger partial charge on any atom is -0.354 e. The van der Waals surface area contributed by atoms with Crippen LogP contribution in [0.5, 0.6) is 0 Å². The van der Waals surface area contributed by atoms with Crippen molar-refractivity contribution in [2.75, 3.05) is 6.54 Å². The van der Waals surface area contributed by atoms with Crippen molar-refractivity contribution in [3.63, 3.8) is 0 Å². The van der Waals surface area contributed by atoms with Crippen LogP contribution in [0.15, 0.2) is 12.1 Å². The van der Waals surface area contributed by atoms with Gasteiger partial charge in [-0.25, -0.2) is 0 Å². The summed E-state index contributed by atoms with van der Waals surface area (Å²) in [6, 6.07) is 4.70. The average Bonchev–Trinajstić information content (AvgIpc) is 2.62. The van der Waals surface area contributed by atoms with E-state index in [9.17, 15) is 4.79 Å². The Labute approximate surface area is 103 Å². The van der Waals surface area contributed by atoms with Crippen molar-refractivity contribution in [3.05, 3.63) is 34.4 Å². The highest BCUT2D eigenvalue weighted by Gasteiger charge is 2.20. The molecular formula is C14H20N2O. The van der Waals surface area contributed by atoms with Crippen molar-refractivity contribution in [1.29, 1.82) is 0 Å². The molecule has 0 bridgehead atoms. The first kappa shape index (κ1) is 12.1. The van der Waals surface area contributed by atoms with Gasteiger partial charge in [0.25, 0.3) is 0 Å². The molecule has 1 atom stereocenters. The van der Waals surface area contributed by atoms with Crippen molar-refractivity contribution in [2.24, 2.45) is 0 Å². The van der Waals surface area contributed by atoms with Crippen LogP contribution in [-0.4, -0.2) is 18.5 Å². The number of carbonyl (C=O) groups excluding carboxylic acids is 1. The summed E-state index contributed by atoms with van der Waals surface area (Å²) in [7, 11) is 0. The van der Waals surface area contributed by atoms with Crippen LogP contribution < -0.4 is 10.6 Å². The van der Waals surface area contributed by atoms with Crippen LogP contribution in [0.3, 0.4) is 0 Å². The first-order valence-corrected chi connectivity index (χ1v) is 6.13. The summed E-state index contributed by atoms with van der Waals surface area (Å²) in [4.78, 5) is 11.1. The first-order valence-electron chi connectivity index (χ1n) is 6.13. The molecule has 1 saturated heterocycles. The van der Waals surface area contributed by atoms with Gasteiger partial charge in [-0.05, 0) is 37.5 Å². The topological polar surface area (TPSA) is 41.1 Å². The molecule has 1 aliphatic heterocycles. The number of carbonyl (C=O) groups is 1. The molecule has 2 N–H and O–H groups in total. The van der Waals surface area contributed by atoms with Crippen LogP contribution in [0.1, 0.15) is 28.7 Å². The summed E-state index contributed by atoms with van der Waals surface area (Å²) < 4.78 is 0. The van der Waals surface area contributed by atoms with Gasteiger partial charge in [-0.3, -0.25) is 4.79 Å². The maximum absolute atomic E-state index is 11.1. The molecule has 2 rings (SSSR count). The zero-order valence-corrected chi connectivity index (χ0v) is 10.8. The molecule has 1 unspecified atom stereocenters. The molecule has 1 heterocycles. The van der Waals surface area contributed by atoms with Crippen LogP contribution >= 0.6 is 0 Å². The third-order valence-electron chi connectivity index (χ3n) is 3.39. The Morgan fingerprint density at radius 1 is 1.29 bits per heavy atom. The lowest BCUT2D eigenvalue weighted by atomic mass is 9.99. The van der Waals surface area contributed by atoms with E-state index in [2.05, 4.69) is 43.5 Å². The fourth-order valence-electron chi connectivity index (χ4n) is 2.48. The summed E-state index contributed by atoms with van der Waals surface area (Å²) >= 11 is 0. The van der Waals surface area contributed by atoms with Crippen LogP contribution in [0.2, 0.25) is 0 Å². The first-order chi connectivity index (χ1) is 8.06. The van der Waals surface area contributed by atoms with Crippen LogP contribution in [0.25, 0.3) is 0 Å². The highest BCUT2D eigenvalue weighted by Crippen LogP contribution is 2.16. The fraction of sp³-hybridized carbons (Fsp3) is 0.500. The summed E-state index contributed by atoms with van der Waals surface area (Å²) in [5, 5.41) is 6.29. The molecule has 3 nitrogen and oxygen atoms in total. The Balaban J connectivity index is 2.01. The largest absolute Gasteiger partial charge is 0.354 e. The van der Waals surface area contributed by atoms with Crippen molar-refractivity contribution in [3.8, 4) is 0 Å². The molecule has 0 saturated carbocycles. The predicted molar refractivity (Wildman–Crippen MR) is 68.9 cm³/mol. The highest BCUT2D eigenvalue weighted by atomic mass is 16.1. The zero-order chi connectivity index (χ0) is 12.4. The van der Waals surface area contributed by atoms with Gasteiger partial charge in [-0.1, -0.05) is 17.7 Å². The standard InChI is InChI=1S/C14H20N2O/c1-9-4-10(2)13(11(3)5-9)8-15-12-6-14(17)16-7-12/h4-5,12,15H,6-8H2,1-3H3,(H,16,17). The number of hydrogen-bond donors (Lipinski definition) is 2. The van der Waals surface area contributed by atoms with Crippen LogP contribution in [-0.2, 0) is 11.3 Å². The smallest absolute Gasteiger partial charge is 0.221 e. The maximum Gasteiger partial charge on any atom is 0.221 e. The van der Waals surface area contributed by atoms with E-state index < -0.39 is 0 Å². The maximum atomic E-state index is 11.1. The minimum absolute atomic E-state index is 0.153. The average molecular weight is 232 g/mol. The molecule has 1 aromatic rings. The van der Waals surface area contributed by atoms with Crippen molar-refractivity contribution >= 4 is 5.91 Å². The van der Waals surface area contributed by atoms with E-state index in [4.69, 9.17) is 0 Å². The Kier molecular flexibility index (Phi) is 3.48. The SMILES string of the molecule is Cc1cc(C)c(CNC2CNC(=O)C2)c(C)c1. The molecule has 0 radical (unpaired) electrons. The van der Waals surface area contributed by atoms with E-state index in [1.807, 2.05) is 0 Å². The summed E-state index contributed by atoms with van der Waals surface area (Å²) in [6.45, 7) is 8.02. The Morgan fingerprint density at radius 2 is 1.94 bits per heavy atom. The number of aryl methyl sites for hydroxylation is 3. The van der Waals surface area contributed by atoms with E-state index in [1.54, 1.807) is 0 Å². The summed E-state index contributed by atoms with van der Waals surface area (Å²) in [5.41, 5.74) is 5.32. The van der Waals surface area contributed by atoms with Crippen molar-refractivity contribution in [1.82, 2.24) is 10.6 Å². The monoisotopic (exact) mass is 232 g/mol. The number of amides is 1. The molecule has 1 amide bonds. The molecule has 0 spiro atoms. The number of rotatable bonds is 3. The van der Waals surface area contributed by atoms with E-state index >= 15 is 0 Å². The van der Waals surface area contributed by atoms with Gasteiger partial charge in [0.1, 0.15) is 0 Å². The van der Waals surface area contributed by atoms with Gasteiger partial charge in [-0.15, -0.1) is 0 Å². The second-order valence-corrected chi connectivity index (χ2v) is 4.96. The van der Waals surface area contributed by atoms with Gasteiger partial charge >= 0.3 is 0 Å². The third kappa shape index (κ3) is 2.86. The Morgan fingerprint density at radius 3 is 2.47 bits per heavy atom. The quantitative estimate of drug-likeness (QED) is 0.831. The fourth-order valence-corrected chi connectivity index (χ4v) is 2.48. The van der Waals surface area contributed by atoms with Gasteiger partial charge in [0.05, 0.1) is 0 Å². The Hall–Kier alpha value is -1.35. The van der Waals surface area contributed by atoms with Gasteiger partial charge in [0.15, 0.2) is 0 Å². The normalized spacial score (nSPS) is 19.5. The molecule has 0 aromatic heterocycles. The van der Waals surface area contributed by atoms with Gasteiger partial charge in [0.2, 0.25) is 5.91 Å². The number of benzene rings is 1. The number of nitrogens with one attached hydrogen (secondary N) is 2. The molecule has 3 heteroatoms. The Bertz CT molecular complexity index is 417. The zero-order valence-electron chi connectivity index (χ0n) is 10.8. The van der Waals surface area contributed by atoms with E-state index in [1.165, 1.54) is 22.3 Å². The van der Waals surface area contributed by atoms with Crippen LogP contribution in [0.4, 0.5) is 0 Å². The summed E-state index contributed by atoms with van der Waals surface area (Å²) in [6.07, 6.45) is 0.601. The second-order valence-electron chi connectivity index (χ2n) is 4.96. The number of hydrogen-bond acceptors (Lipinski definition) is 2. The molecule has 0 aliphatic carbocycles. The molecular weight excluding hydrogens is 212 g/mol. The van der Waals surface area contributed by atoms with Gasteiger partial charge in [0, 0.05) is 25.6 Å². The lowest BCUT2D eigenvalue weighted by Crippen LogP contribution is -2.30. The van der Waals surface area contributed by atoms with Gasteiger partial charge in [-0.2, -0.15) is 0 Å². The van der Waals surface area contributed by atoms with E-state index in [-0.39, 0.29) is 11.9 Å². The lowest BCUT2D eigenvalue weighted by Gasteiger charge is -2.15.